The van der Waals surface area contributed by atoms with Gasteiger partial charge >= 0.3 is 6.18 Å². The Morgan fingerprint density at radius 1 is 1.35 bits per heavy atom. The summed E-state index contributed by atoms with van der Waals surface area (Å²) >= 11 is 5.45. The molecule has 0 saturated heterocycles. The molecule has 1 aromatic rings. The van der Waals surface area contributed by atoms with E-state index in [1.807, 2.05) is 0 Å². The number of halogens is 4. The van der Waals surface area contributed by atoms with Gasteiger partial charge in [-0.15, -0.1) is 0 Å². The second kappa shape index (κ2) is 4.66. The highest BCUT2D eigenvalue weighted by Crippen LogP contribution is 2.28. The second-order valence-electron chi connectivity index (χ2n) is 4.06. The Kier molecular flexibility index (Phi) is 3.83. The van der Waals surface area contributed by atoms with Crippen LogP contribution in [0.15, 0.2) is 6.07 Å². The van der Waals surface area contributed by atoms with Crippen LogP contribution >= 0.6 is 11.6 Å². The van der Waals surface area contributed by atoms with E-state index in [2.05, 4.69) is 15.3 Å². The Labute approximate surface area is 101 Å². The monoisotopic (exact) mass is 269 g/mol. The number of hydrogen-bond donors (Lipinski definition) is 2. The number of aromatic nitrogens is 2. The van der Waals surface area contributed by atoms with Crippen LogP contribution in [0.25, 0.3) is 0 Å². The fraction of sp³-hybridized carbons (Fsp3) is 0.556. The predicted molar refractivity (Wildman–Crippen MR) is 56.8 cm³/mol. The Morgan fingerprint density at radius 3 is 2.41 bits per heavy atom. The normalized spacial score (nSPS) is 12.6. The molecule has 0 bridgehead atoms. The first kappa shape index (κ1) is 14.0. The van der Waals surface area contributed by atoms with E-state index in [0.717, 1.165) is 6.07 Å². The lowest BCUT2D eigenvalue weighted by Crippen LogP contribution is -2.29. The third-order valence-electron chi connectivity index (χ3n) is 1.65. The summed E-state index contributed by atoms with van der Waals surface area (Å²) in [4.78, 5) is 6.34. The quantitative estimate of drug-likeness (QED) is 0.827. The van der Waals surface area contributed by atoms with Gasteiger partial charge in [-0.25, -0.2) is 9.97 Å². The zero-order valence-electron chi connectivity index (χ0n) is 9.14. The maximum atomic E-state index is 12.4. The third kappa shape index (κ3) is 4.74. The fourth-order valence-corrected chi connectivity index (χ4v) is 1.13. The molecule has 0 atom stereocenters. The average Bonchev–Trinajstić information content (AvgIpc) is 2.11. The van der Waals surface area contributed by atoms with Gasteiger partial charge in [-0.05, 0) is 13.8 Å². The van der Waals surface area contributed by atoms with Crippen LogP contribution in [0.3, 0.4) is 0 Å². The van der Waals surface area contributed by atoms with Gasteiger partial charge in [0.15, 0.2) is 0 Å². The zero-order chi connectivity index (χ0) is 13.3. The lowest BCUT2D eigenvalue weighted by atomic mass is 10.1. The third-order valence-corrected chi connectivity index (χ3v) is 1.84. The minimum atomic E-state index is -4.66. The molecule has 1 heterocycles. The van der Waals surface area contributed by atoms with Gasteiger partial charge in [0, 0.05) is 12.6 Å². The first-order chi connectivity index (χ1) is 7.58. The van der Waals surface area contributed by atoms with E-state index >= 15 is 0 Å². The first-order valence-corrected chi connectivity index (χ1v) is 5.04. The van der Waals surface area contributed by atoms with Crippen LogP contribution in [0.1, 0.15) is 19.7 Å². The van der Waals surface area contributed by atoms with Crippen molar-refractivity contribution in [1.29, 1.82) is 0 Å². The van der Waals surface area contributed by atoms with Crippen LogP contribution < -0.4 is 5.32 Å². The highest BCUT2D eigenvalue weighted by molar-refractivity contribution is 6.29. The number of nitrogens with one attached hydrogen (secondary N) is 1. The molecule has 17 heavy (non-hydrogen) atoms. The molecular formula is C9H11ClF3N3O. The van der Waals surface area contributed by atoms with Gasteiger partial charge in [0.2, 0.25) is 5.82 Å². The molecule has 0 aliphatic carbocycles. The zero-order valence-corrected chi connectivity index (χ0v) is 9.89. The second-order valence-corrected chi connectivity index (χ2v) is 4.45. The van der Waals surface area contributed by atoms with Crippen LogP contribution in [-0.2, 0) is 6.18 Å². The number of alkyl halides is 3. The van der Waals surface area contributed by atoms with Gasteiger partial charge in [-0.1, -0.05) is 11.6 Å². The van der Waals surface area contributed by atoms with Crippen molar-refractivity contribution in [2.24, 2.45) is 0 Å². The lowest BCUT2D eigenvalue weighted by Gasteiger charge is -2.18. The molecule has 96 valence electrons. The summed E-state index contributed by atoms with van der Waals surface area (Å²) in [5, 5.41) is 11.7. The van der Waals surface area contributed by atoms with Gasteiger partial charge in [0.25, 0.3) is 0 Å². The van der Waals surface area contributed by atoms with Gasteiger partial charge in [0.05, 0.1) is 5.60 Å². The molecule has 0 spiro atoms. The number of anilines is 1. The molecule has 0 unspecified atom stereocenters. The van der Waals surface area contributed by atoms with Crippen LogP contribution in [0.5, 0.6) is 0 Å². The standard InChI is InChI=1S/C9H11ClF3N3O/c1-8(2,17)4-14-6-3-5(10)15-7(16-6)9(11,12)13/h3,17H,4H2,1-2H3,(H,14,15,16). The molecule has 0 radical (unpaired) electrons. The molecular weight excluding hydrogens is 259 g/mol. The van der Waals surface area contributed by atoms with Gasteiger partial charge in [-0.2, -0.15) is 13.2 Å². The van der Waals surface area contributed by atoms with E-state index in [9.17, 15) is 18.3 Å². The summed E-state index contributed by atoms with van der Waals surface area (Å²) < 4.78 is 37.1. The molecule has 0 fully saturated rings. The van der Waals surface area contributed by atoms with Gasteiger partial charge < -0.3 is 10.4 Å². The minimum Gasteiger partial charge on any atom is -0.389 e. The van der Waals surface area contributed by atoms with Gasteiger partial charge in [-0.3, -0.25) is 0 Å². The van der Waals surface area contributed by atoms with Crippen molar-refractivity contribution in [2.45, 2.75) is 25.6 Å². The summed E-state index contributed by atoms with van der Waals surface area (Å²) in [6.45, 7) is 3.05. The molecule has 0 amide bonds. The SMILES string of the molecule is CC(C)(O)CNc1cc(Cl)nc(C(F)(F)F)n1. The molecule has 0 aliphatic heterocycles. The molecule has 4 nitrogen and oxygen atoms in total. The summed E-state index contributed by atoms with van der Waals surface area (Å²) in [5.74, 6) is -1.40. The number of nitrogens with zero attached hydrogens (tertiary/aromatic N) is 2. The lowest BCUT2D eigenvalue weighted by molar-refractivity contribution is -0.144. The van der Waals surface area contributed by atoms with Crippen molar-refractivity contribution in [3.05, 3.63) is 17.0 Å². The molecule has 0 aromatic carbocycles. The maximum absolute atomic E-state index is 12.4. The Hall–Kier alpha value is -1.08. The Balaban J connectivity index is 2.91. The summed E-state index contributed by atoms with van der Waals surface area (Å²) in [5.41, 5.74) is -1.07. The van der Waals surface area contributed by atoms with E-state index < -0.39 is 17.6 Å². The molecule has 8 heteroatoms. The smallest absolute Gasteiger partial charge is 0.389 e. The van der Waals surface area contributed by atoms with Crippen molar-refractivity contribution in [2.75, 3.05) is 11.9 Å². The summed E-state index contributed by atoms with van der Waals surface area (Å²) in [6, 6.07) is 1.16. The Morgan fingerprint density at radius 2 is 1.94 bits per heavy atom. The molecule has 1 aromatic heterocycles. The van der Waals surface area contributed by atoms with Crippen molar-refractivity contribution in [1.82, 2.24) is 9.97 Å². The predicted octanol–water partition coefficient (Wildman–Crippen LogP) is 2.33. The van der Waals surface area contributed by atoms with E-state index in [0.29, 0.717) is 0 Å². The maximum Gasteiger partial charge on any atom is 0.451 e. The van der Waals surface area contributed by atoms with Gasteiger partial charge in [0.1, 0.15) is 11.0 Å². The van der Waals surface area contributed by atoms with E-state index in [1.165, 1.54) is 13.8 Å². The first-order valence-electron chi connectivity index (χ1n) is 4.66. The van der Waals surface area contributed by atoms with Crippen molar-refractivity contribution < 1.29 is 18.3 Å². The number of rotatable bonds is 3. The molecule has 0 saturated carbocycles. The van der Waals surface area contributed by atoms with Crippen LogP contribution in [-0.4, -0.2) is 27.2 Å². The van der Waals surface area contributed by atoms with Crippen LogP contribution in [0, 0.1) is 0 Å². The molecule has 0 aliphatic rings. The van der Waals surface area contributed by atoms with Crippen molar-refractivity contribution in [3.63, 3.8) is 0 Å². The highest BCUT2D eigenvalue weighted by Gasteiger charge is 2.35. The van der Waals surface area contributed by atoms with Crippen LogP contribution in [0.4, 0.5) is 19.0 Å². The minimum absolute atomic E-state index is 0.0393. The topological polar surface area (TPSA) is 58.0 Å². The van der Waals surface area contributed by atoms with Crippen molar-refractivity contribution in [3.8, 4) is 0 Å². The highest BCUT2D eigenvalue weighted by atomic mass is 35.5. The van der Waals surface area contributed by atoms with Crippen molar-refractivity contribution >= 4 is 17.4 Å². The Bertz CT molecular complexity index is 403. The fourth-order valence-electron chi connectivity index (χ4n) is 0.942. The summed E-state index contributed by atoms with van der Waals surface area (Å²) in [7, 11) is 0. The molecule has 2 N–H and O–H groups in total. The van der Waals surface area contributed by atoms with E-state index in [4.69, 9.17) is 11.6 Å². The van der Waals surface area contributed by atoms with Crippen LogP contribution in [0.2, 0.25) is 5.15 Å². The largest absolute Gasteiger partial charge is 0.451 e. The average molecular weight is 270 g/mol. The molecule has 1 rings (SSSR count). The number of hydrogen-bond acceptors (Lipinski definition) is 4. The summed E-state index contributed by atoms with van der Waals surface area (Å²) in [6.07, 6.45) is -4.66. The van der Waals surface area contributed by atoms with E-state index in [1.54, 1.807) is 0 Å². The van der Waals surface area contributed by atoms with E-state index in [-0.39, 0.29) is 17.5 Å². The number of aliphatic hydroxyl groups is 1.